The Balaban J connectivity index is 2.04. The third-order valence-electron chi connectivity index (χ3n) is 3.51. The summed E-state index contributed by atoms with van der Waals surface area (Å²) in [5.41, 5.74) is 1.85. The molecule has 21 heavy (non-hydrogen) atoms. The Morgan fingerprint density at radius 2 is 1.95 bits per heavy atom. The second kappa shape index (κ2) is 6.91. The topological polar surface area (TPSA) is 37.3 Å². The molecule has 0 aliphatic carbocycles. The molecule has 1 aromatic heterocycles. The molecular formula is C16H20BrN3O. The van der Waals surface area contributed by atoms with Crippen LogP contribution in [0, 0.1) is 0 Å². The summed E-state index contributed by atoms with van der Waals surface area (Å²) in [4.78, 5) is 14.3. The maximum Gasteiger partial charge on any atom is 0.251 e. The molecule has 0 radical (unpaired) electrons. The van der Waals surface area contributed by atoms with Gasteiger partial charge in [0.15, 0.2) is 0 Å². The van der Waals surface area contributed by atoms with Gasteiger partial charge in [0.05, 0.1) is 6.04 Å². The van der Waals surface area contributed by atoms with E-state index in [1.807, 2.05) is 57.7 Å². The molecule has 0 saturated heterocycles. The molecule has 1 heterocycles. The number of halogens is 1. The van der Waals surface area contributed by atoms with E-state index in [1.165, 1.54) is 5.69 Å². The Bertz CT molecular complexity index is 604. The highest BCUT2D eigenvalue weighted by Crippen LogP contribution is 2.17. The molecule has 112 valence electrons. The van der Waals surface area contributed by atoms with Crippen molar-refractivity contribution in [2.75, 3.05) is 20.6 Å². The fourth-order valence-corrected chi connectivity index (χ4v) is 2.53. The highest BCUT2D eigenvalue weighted by molar-refractivity contribution is 9.10. The maximum atomic E-state index is 12.2. The van der Waals surface area contributed by atoms with E-state index in [9.17, 15) is 4.79 Å². The Kier molecular flexibility index (Phi) is 5.20. The molecule has 0 aliphatic heterocycles. The minimum absolute atomic E-state index is 0.0523. The van der Waals surface area contributed by atoms with Crippen molar-refractivity contribution in [2.45, 2.75) is 6.04 Å². The van der Waals surface area contributed by atoms with Crippen LogP contribution in [0.25, 0.3) is 0 Å². The number of aryl methyl sites for hydroxylation is 1. The Labute approximate surface area is 133 Å². The van der Waals surface area contributed by atoms with Gasteiger partial charge in [-0.15, -0.1) is 0 Å². The van der Waals surface area contributed by atoms with E-state index >= 15 is 0 Å². The van der Waals surface area contributed by atoms with E-state index in [-0.39, 0.29) is 11.9 Å². The number of amides is 1. The monoisotopic (exact) mass is 349 g/mol. The lowest BCUT2D eigenvalue weighted by atomic mass is 10.1. The van der Waals surface area contributed by atoms with Crippen molar-refractivity contribution in [3.05, 3.63) is 58.3 Å². The normalized spacial score (nSPS) is 12.4. The number of hydrogen-bond donors (Lipinski definition) is 1. The molecule has 2 rings (SSSR count). The zero-order valence-corrected chi connectivity index (χ0v) is 14.1. The van der Waals surface area contributed by atoms with Crippen LogP contribution >= 0.6 is 15.9 Å². The van der Waals surface area contributed by atoms with E-state index < -0.39 is 0 Å². The molecule has 2 aromatic rings. The molecule has 0 saturated carbocycles. The highest BCUT2D eigenvalue weighted by Gasteiger charge is 2.17. The predicted molar refractivity (Wildman–Crippen MR) is 88.3 cm³/mol. The van der Waals surface area contributed by atoms with Gasteiger partial charge >= 0.3 is 0 Å². The van der Waals surface area contributed by atoms with Gasteiger partial charge in [-0.3, -0.25) is 9.69 Å². The molecule has 1 aromatic carbocycles. The molecule has 0 spiro atoms. The van der Waals surface area contributed by atoms with Crippen molar-refractivity contribution in [3.8, 4) is 0 Å². The van der Waals surface area contributed by atoms with Crippen LogP contribution in [-0.2, 0) is 7.05 Å². The fourth-order valence-electron chi connectivity index (χ4n) is 2.26. The van der Waals surface area contributed by atoms with Gasteiger partial charge in [0.1, 0.15) is 0 Å². The quantitative estimate of drug-likeness (QED) is 0.901. The number of nitrogens with one attached hydrogen (secondary N) is 1. The van der Waals surface area contributed by atoms with E-state index in [0.717, 1.165) is 4.47 Å². The first kappa shape index (κ1) is 15.8. The molecular weight excluding hydrogens is 330 g/mol. The van der Waals surface area contributed by atoms with Crippen LogP contribution in [0.15, 0.2) is 47.1 Å². The Morgan fingerprint density at radius 1 is 1.29 bits per heavy atom. The molecule has 5 heteroatoms. The largest absolute Gasteiger partial charge is 0.353 e. The first-order chi connectivity index (χ1) is 9.99. The van der Waals surface area contributed by atoms with Gasteiger partial charge in [0.2, 0.25) is 0 Å². The maximum absolute atomic E-state index is 12.2. The van der Waals surface area contributed by atoms with Gasteiger partial charge in [-0.2, -0.15) is 0 Å². The molecule has 0 aliphatic rings. The molecule has 4 nitrogen and oxygen atoms in total. The van der Waals surface area contributed by atoms with E-state index in [0.29, 0.717) is 12.1 Å². The highest BCUT2D eigenvalue weighted by atomic mass is 79.9. The lowest BCUT2D eigenvalue weighted by Crippen LogP contribution is -2.35. The van der Waals surface area contributed by atoms with Crippen molar-refractivity contribution < 1.29 is 4.79 Å². The molecule has 1 N–H and O–H groups in total. The SMILES string of the molecule is CN(C)C(CNC(=O)c1ccc(Br)cc1)c1cccn1C. The summed E-state index contributed by atoms with van der Waals surface area (Å²) in [5.74, 6) is -0.0523. The fraction of sp³-hybridized carbons (Fsp3) is 0.312. The van der Waals surface area contributed by atoms with Crippen LogP contribution in [0.3, 0.4) is 0 Å². The minimum atomic E-state index is -0.0523. The van der Waals surface area contributed by atoms with Crippen molar-refractivity contribution in [3.63, 3.8) is 0 Å². The van der Waals surface area contributed by atoms with E-state index in [1.54, 1.807) is 0 Å². The third-order valence-corrected chi connectivity index (χ3v) is 4.04. The summed E-state index contributed by atoms with van der Waals surface area (Å²) >= 11 is 3.37. The summed E-state index contributed by atoms with van der Waals surface area (Å²) in [6, 6.07) is 11.6. The summed E-state index contributed by atoms with van der Waals surface area (Å²) < 4.78 is 3.05. The Hall–Kier alpha value is -1.59. The van der Waals surface area contributed by atoms with Crippen molar-refractivity contribution in [1.29, 1.82) is 0 Å². The summed E-state index contributed by atoms with van der Waals surface area (Å²) in [7, 11) is 6.05. The first-order valence-electron chi connectivity index (χ1n) is 6.80. The molecule has 1 amide bonds. The van der Waals surface area contributed by atoms with Crippen LogP contribution in [0.2, 0.25) is 0 Å². The second-order valence-corrected chi connectivity index (χ2v) is 6.16. The number of nitrogens with zero attached hydrogens (tertiary/aromatic N) is 2. The number of carbonyl (C=O) groups is 1. The Morgan fingerprint density at radius 3 is 2.48 bits per heavy atom. The summed E-state index contributed by atoms with van der Waals surface area (Å²) in [6.45, 7) is 0.569. The summed E-state index contributed by atoms with van der Waals surface area (Å²) in [5, 5.41) is 3.01. The predicted octanol–water partition coefficient (Wildman–Crippen LogP) is 2.82. The van der Waals surface area contributed by atoms with Crippen LogP contribution < -0.4 is 5.32 Å². The van der Waals surface area contributed by atoms with Crippen LogP contribution in [0.5, 0.6) is 0 Å². The summed E-state index contributed by atoms with van der Waals surface area (Å²) in [6.07, 6.45) is 2.02. The average Bonchev–Trinajstić information content (AvgIpc) is 2.85. The van der Waals surface area contributed by atoms with Crippen molar-refractivity contribution >= 4 is 21.8 Å². The van der Waals surface area contributed by atoms with Gasteiger partial charge in [0.25, 0.3) is 5.91 Å². The first-order valence-corrected chi connectivity index (χ1v) is 7.59. The van der Waals surface area contributed by atoms with Gasteiger partial charge in [-0.25, -0.2) is 0 Å². The average molecular weight is 350 g/mol. The number of likely N-dealkylation sites (N-methyl/N-ethyl adjacent to an activating group) is 1. The molecule has 1 unspecified atom stereocenters. The van der Waals surface area contributed by atoms with Crippen LogP contribution in [0.1, 0.15) is 22.1 Å². The number of hydrogen-bond acceptors (Lipinski definition) is 2. The third kappa shape index (κ3) is 3.95. The van der Waals surface area contributed by atoms with Crippen molar-refractivity contribution in [2.24, 2.45) is 7.05 Å². The van der Waals surface area contributed by atoms with E-state index in [2.05, 4.69) is 36.8 Å². The zero-order valence-electron chi connectivity index (χ0n) is 12.5. The molecule has 0 bridgehead atoms. The smallest absolute Gasteiger partial charge is 0.251 e. The van der Waals surface area contributed by atoms with Crippen LogP contribution in [0.4, 0.5) is 0 Å². The van der Waals surface area contributed by atoms with Crippen LogP contribution in [-0.4, -0.2) is 36.0 Å². The number of aromatic nitrogens is 1. The van der Waals surface area contributed by atoms with Gasteiger partial charge in [-0.1, -0.05) is 15.9 Å². The lowest BCUT2D eigenvalue weighted by Gasteiger charge is -2.25. The van der Waals surface area contributed by atoms with Gasteiger partial charge in [0, 0.05) is 35.5 Å². The standard InChI is InChI=1S/C16H20BrN3O/c1-19(2)15(14-5-4-10-20(14)3)11-18-16(21)12-6-8-13(17)9-7-12/h4-10,15H,11H2,1-3H3,(H,18,21). The minimum Gasteiger partial charge on any atom is -0.353 e. The number of carbonyl (C=O) groups excluding carboxylic acids is 1. The molecule has 0 fully saturated rings. The number of benzene rings is 1. The molecule has 1 atom stereocenters. The number of rotatable bonds is 5. The zero-order chi connectivity index (χ0) is 15.4. The lowest BCUT2D eigenvalue weighted by molar-refractivity contribution is 0.0941. The second-order valence-electron chi connectivity index (χ2n) is 5.24. The van der Waals surface area contributed by atoms with Crippen molar-refractivity contribution in [1.82, 2.24) is 14.8 Å². The van der Waals surface area contributed by atoms with Gasteiger partial charge < -0.3 is 9.88 Å². The van der Waals surface area contributed by atoms with Gasteiger partial charge in [-0.05, 0) is 50.5 Å². The van der Waals surface area contributed by atoms with E-state index in [4.69, 9.17) is 0 Å².